The monoisotopic (exact) mass is 531 g/mol. The van der Waals surface area contributed by atoms with Crippen molar-refractivity contribution in [2.24, 2.45) is 14.1 Å². The van der Waals surface area contributed by atoms with Gasteiger partial charge in [0.1, 0.15) is 11.6 Å². The number of fused-ring (bicyclic) bond motifs is 2. The van der Waals surface area contributed by atoms with Crippen LogP contribution in [-0.4, -0.2) is 34.9 Å². The Hall–Kier alpha value is -3.93. The maximum atomic E-state index is 14.1. The average Bonchev–Trinajstić information content (AvgIpc) is 3.38. The van der Waals surface area contributed by atoms with Gasteiger partial charge in [0.2, 0.25) is 10.0 Å². The number of terminal acetylenes is 1. The summed E-state index contributed by atoms with van der Waals surface area (Å²) in [5, 5.41) is 1.60. The Bertz CT molecular complexity index is 1730. The largest absolute Gasteiger partial charge is 0.350 e. The van der Waals surface area contributed by atoms with Crippen molar-refractivity contribution in [1.82, 2.24) is 13.4 Å². The van der Waals surface area contributed by atoms with Crippen LogP contribution in [0.3, 0.4) is 0 Å². The summed E-state index contributed by atoms with van der Waals surface area (Å²) in [6, 6.07) is 15.7. The minimum Gasteiger partial charge on any atom is -0.350 e. The van der Waals surface area contributed by atoms with E-state index in [1.807, 2.05) is 42.5 Å². The van der Waals surface area contributed by atoms with Gasteiger partial charge in [-0.1, -0.05) is 23.6 Å². The lowest BCUT2D eigenvalue weighted by atomic mass is 9.90. The van der Waals surface area contributed by atoms with Crippen molar-refractivity contribution in [2.75, 3.05) is 13.1 Å². The number of rotatable bonds is 7. The fourth-order valence-electron chi connectivity index (χ4n) is 5.11. The van der Waals surface area contributed by atoms with E-state index in [9.17, 15) is 17.2 Å². The number of benzene rings is 3. The summed E-state index contributed by atoms with van der Waals surface area (Å²) in [5.74, 6) is 1.30. The van der Waals surface area contributed by atoms with Crippen molar-refractivity contribution in [1.29, 1.82) is 0 Å². The quantitative estimate of drug-likeness (QED) is 0.253. The topological polar surface area (TPSA) is 47.2 Å². The van der Waals surface area contributed by atoms with Crippen molar-refractivity contribution in [2.45, 2.75) is 17.7 Å². The number of aryl methyl sites for hydroxylation is 3. The zero-order valence-corrected chi connectivity index (χ0v) is 22.1. The summed E-state index contributed by atoms with van der Waals surface area (Å²) in [6.07, 6.45) is 9.44. The predicted molar refractivity (Wildman–Crippen MR) is 146 cm³/mol. The van der Waals surface area contributed by atoms with Crippen molar-refractivity contribution >= 4 is 31.8 Å². The number of halogens is 2. The third kappa shape index (κ3) is 4.49. The maximum absolute atomic E-state index is 14.1. The molecule has 0 saturated heterocycles. The second kappa shape index (κ2) is 9.75. The fraction of sp³-hybridized carbons (Fsp3) is 0.200. The van der Waals surface area contributed by atoms with Crippen LogP contribution in [0.2, 0.25) is 0 Å². The molecule has 0 radical (unpaired) electrons. The number of hydrogen-bond donors (Lipinski definition) is 0. The normalized spacial score (nSPS) is 12.2. The number of sulfonamides is 1. The summed E-state index contributed by atoms with van der Waals surface area (Å²) in [4.78, 5) is 0.150. The van der Waals surface area contributed by atoms with Gasteiger partial charge < -0.3 is 9.13 Å². The Morgan fingerprint density at radius 1 is 0.868 bits per heavy atom. The van der Waals surface area contributed by atoms with E-state index in [4.69, 9.17) is 6.42 Å². The standard InChI is InChI=1S/C30H27F2N3O2S/c1-5-14-35(38(36,37)23-10-6-20(2)7-11-23)19-28(26-17-33(3)29-15-21(31)8-12-24(26)29)27-18-34(4)30-16-22(32)9-13-25(27)30/h1,6-13,15-18,28H,14,19H2,2-4H3. The molecule has 2 heterocycles. The van der Waals surface area contributed by atoms with Crippen molar-refractivity contribution in [3.63, 3.8) is 0 Å². The first-order chi connectivity index (χ1) is 18.1. The van der Waals surface area contributed by atoms with Gasteiger partial charge in [0, 0.05) is 49.7 Å². The van der Waals surface area contributed by atoms with Gasteiger partial charge in [0.15, 0.2) is 0 Å². The third-order valence-electron chi connectivity index (χ3n) is 7.03. The molecule has 0 atom stereocenters. The summed E-state index contributed by atoms with van der Waals surface area (Å²) < 4.78 is 60.7. The van der Waals surface area contributed by atoms with E-state index in [0.717, 1.165) is 27.5 Å². The van der Waals surface area contributed by atoms with Crippen LogP contribution in [0.5, 0.6) is 0 Å². The highest BCUT2D eigenvalue weighted by atomic mass is 32.2. The molecule has 0 saturated carbocycles. The number of nitrogens with zero attached hydrogens (tertiary/aromatic N) is 3. The molecule has 8 heteroatoms. The molecule has 0 fully saturated rings. The molecule has 0 bridgehead atoms. The SMILES string of the molecule is C#CCN(CC(c1cn(C)c2cc(F)ccc12)c1cn(C)c2cc(F)ccc12)S(=O)(=O)c1ccc(C)cc1. The van der Waals surface area contributed by atoms with Crippen LogP contribution in [-0.2, 0) is 24.1 Å². The zero-order chi connectivity index (χ0) is 27.2. The lowest BCUT2D eigenvalue weighted by Gasteiger charge is -2.26. The molecule has 0 spiro atoms. The van der Waals surface area contributed by atoms with Gasteiger partial charge in [0.05, 0.1) is 22.5 Å². The van der Waals surface area contributed by atoms with E-state index in [1.165, 1.54) is 28.6 Å². The molecule has 3 aromatic carbocycles. The van der Waals surface area contributed by atoms with E-state index in [0.29, 0.717) is 11.0 Å². The molecule has 0 aliphatic rings. The first kappa shape index (κ1) is 25.7. The van der Waals surface area contributed by atoms with Gasteiger partial charge >= 0.3 is 0 Å². The lowest BCUT2D eigenvalue weighted by Crippen LogP contribution is -2.35. The Labute approximate surface area is 221 Å². The smallest absolute Gasteiger partial charge is 0.243 e. The first-order valence-corrected chi connectivity index (χ1v) is 13.5. The Morgan fingerprint density at radius 3 is 1.84 bits per heavy atom. The van der Waals surface area contributed by atoms with E-state index >= 15 is 0 Å². The fourth-order valence-corrected chi connectivity index (χ4v) is 6.48. The Morgan fingerprint density at radius 2 is 1.37 bits per heavy atom. The molecule has 5 rings (SSSR count). The minimum absolute atomic E-state index is 0.0351. The summed E-state index contributed by atoms with van der Waals surface area (Å²) in [7, 11) is -0.295. The molecule has 0 aliphatic carbocycles. The van der Waals surface area contributed by atoms with Crippen LogP contribution in [0.4, 0.5) is 8.78 Å². The highest BCUT2D eigenvalue weighted by Crippen LogP contribution is 2.38. The Kier molecular flexibility index (Phi) is 6.59. The second-order valence-electron chi connectivity index (χ2n) is 9.58. The van der Waals surface area contributed by atoms with E-state index in [1.54, 1.807) is 36.4 Å². The van der Waals surface area contributed by atoms with Gasteiger partial charge in [-0.3, -0.25) is 0 Å². The molecule has 2 aromatic heterocycles. The maximum Gasteiger partial charge on any atom is 0.243 e. The van der Waals surface area contributed by atoms with Gasteiger partial charge in [0.25, 0.3) is 0 Å². The number of aromatic nitrogens is 2. The van der Waals surface area contributed by atoms with Crippen molar-refractivity contribution in [3.05, 3.63) is 101 Å². The van der Waals surface area contributed by atoms with Crippen molar-refractivity contribution < 1.29 is 17.2 Å². The third-order valence-corrected chi connectivity index (χ3v) is 8.86. The molecule has 5 nitrogen and oxygen atoms in total. The predicted octanol–water partition coefficient (Wildman–Crippen LogP) is 5.71. The summed E-state index contributed by atoms with van der Waals surface area (Å²) in [5.41, 5.74) is 3.94. The highest BCUT2D eigenvalue weighted by Gasteiger charge is 2.31. The van der Waals surface area contributed by atoms with Gasteiger partial charge in [-0.2, -0.15) is 4.31 Å². The molecule has 194 valence electrons. The Balaban J connectivity index is 1.72. The lowest BCUT2D eigenvalue weighted by molar-refractivity contribution is 0.433. The van der Waals surface area contributed by atoms with E-state index < -0.39 is 15.9 Å². The van der Waals surface area contributed by atoms with Gasteiger partial charge in [-0.05, 0) is 66.6 Å². The molecule has 0 aliphatic heterocycles. The second-order valence-corrected chi connectivity index (χ2v) is 11.5. The van der Waals surface area contributed by atoms with Crippen LogP contribution in [0.25, 0.3) is 21.8 Å². The van der Waals surface area contributed by atoms with Crippen LogP contribution in [0.1, 0.15) is 22.6 Å². The summed E-state index contributed by atoms with van der Waals surface area (Å²) in [6.45, 7) is 1.79. The van der Waals surface area contributed by atoms with Gasteiger partial charge in [-0.15, -0.1) is 6.42 Å². The van der Waals surface area contributed by atoms with Crippen LogP contribution >= 0.6 is 0 Å². The summed E-state index contributed by atoms with van der Waals surface area (Å²) >= 11 is 0. The molecular weight excluding hydrogens is 504 g/mol. The van der Waals surface area contributed by atoms with Gasteiger partial charge in [-0.25, -0.2) is 17.2 Å². The highest BCUT2D eigenvalue weighted by molar-refractivity contribution is 7.89. The van der Waals surface area contributed by atoms with Crippen molar-refractivity contribution in [3.8, 4) is 12.3 Å². The van der Waals surface area contributed by atoms with E-state index in [2.05, 4.69) is 5.92 Å². The molecule has 0 amide bonds. The zero-order valence-electron chi connectivity index (χ0n) is 21.3. The van der Waals surface area contributed by atoms with Crippen LogP contribution in [0.15, 0.2) is 78.0 Å². The molecule has 0 unspecified atom stereocenters. The van der Waals surface area contributed by atoms with Crippen LogP contribution < -0.4 is 0 Å². The van der Waals surface area contributed by atoms with Crippen LogP contribution in [0, 0.1) is 30.9 Å². The first-order valence-electron chi connectivity index (χ1n) is 12.1. The molecular formula is C30H27F2N3O2S. The van der Waals surface area contributed by atoms with E-state index in [-0.39, 0.29) is 29.6 Å². The average molecular weight is 532 g/mol. The molecule has 5 aromatic rings. The molecule has 0 N–H and O–H groups in total. The molecule has 38 heavy (non-hydrogen) atoms. The minimum atomic E-state index is -3.94. The number of hydrogen-bond acceptors (Lipinski definition) is 2.